The van der Waals surface area contributed by atoms with Gasteiger partial charge in [-0.25, -0.2) is 9.97 Å². The maximum Gasteiger partial charge on any atom is 0.160 e. The molecule has 1 heterocycles. The van der Waals surface area contributed by atoms with Gasteiger partial charge in [-0.05, 0) is 18.9 Å². The number of hydrogen-bond acceptors (Lipinski definition) is 4. The lowest BCUT2D eigenvalue weighted by molar-refractivity contribution is -0.0516. The molecule has 1 fully saturated rings. The summed E-state index contributed by atoms with van der Waals surface area (Å²) in [5.74, 6) is 0.803. The Morgan fingerprint density at radius 2 is 2.12 bits per heavy atom. The predicted octanol–water partition coefficient (Wildman–Crippen LogP) is 1.74. The Bertz CT molecular complexity index is 348. The van der Waals surface area contributed by atoms with Crippen molar-refractivity contribution in [1.82, 2.24) is 9.97 Å². The number of rotatable bonds is 3. The standard InChI is InChI=1S/C12H19N3O/c1-16-12(6-3-2-4-7-12)11-14-8-5-10(9-13)15-11/h5,8H,2-4,6-7,9,13H2,1H3. The zero-order valence-corrected chi connectivity index (χ0v) is 9.78. The van der Waals surface area contributed by atoms with Crippen LogP contribution in [0.3, 0.4) is 0 Å². The number of nitrogens with zero attached hydrogens (tertiary/aromatic N) is 2. The Hall–Kier alpha value is -1.00. The number of nitrogens with two attached hydrogens (primary N) is 1. The minimum Gasteiger partial charge on any atom is -0.370 e. The van der Waals surface area contributed by atoms with E-state index in [0.717, 1.165) is 24.4 Å². The molecule has 0 aromatic carbocycles. The lowest BCUT2D eigenvalue weighted by Crippen LogP contribution is -2.33. The van der Waals surface area contributed by atoms with E-state index in [9.17, 15) is 0 Å². The Morgan fingerprint density at radius 3 is 2.75 bits per heavy atom. The molecule has 0 unspecified atom stereocenters. The van der Waals surface area contributed by atoms with Crippen molar-refractivity contribution < 1.29 is 4.74 Å². The second-order valence-corrected chi connectivity index (χ2v) is 4.33. The summed E-state index contributed by atoms with van der Waals surface area (Å²) >= 11 is 0. The molecule has 0 atom stereocenters. The van der Waals surface area contributed by atoms with E-state index >= 15 is 0 Å². The Kier molecular flexibility index (Phi) is 3.51. The number of methoxy groups -OCH3 is 1. The molecule has 1 saturated carbocycles. The van der Waals surface area contributed by atoms with E-state index in [4.69, 9.17) is 10.5 Å². The normalized spacial score (nSPS) is 19.6. The minimum atomic E-state index is -0.274. The topological polar surface area (TPSA) is 61.0 Å². The van der Waals surface area contributed by atoms with Crippen LogP contribution in [0.2, 0.25) is 0 Å². The summed E-state index contributed by atoms with van der Waals surface area (Å²) in [6, 6.07) is 1.86. The summed E-state index contributed by atoms with van der Waals surface area (Å²) in [6.45, 7) is 0.454. The molecule has 1 aromatic heterocycles. The number of aromatic nitrogens is 2. The van der Waals surface area contributed by atoms with E-state index in [0.29, 0.717) is 6.54 Å². The molecule has 0 bridgehead atoms. The highest BCUT2D eigenvalue weighted by atomic mass is 16.5. The summed E-state index contributed by atoms with van der Waals surface area (Å²) in [5.41, 5.74) is 6.21. The van der Waals surface area contributed by atoms with Gasteiger partial charge in [0.1, 0.15) is 5.60 Å². The van der Waals surface area contributed by atoms with Gasteiger partial charge in [-0.15, -0.1) is 0 Å². The first-order valence-corrected chi connectivity index (χ1v) is 5.88. The van der Waals surface area contributed by atoms with Crippen LogP contribution in [-0.2, 0) is 16.9 Å². The molecule has 2 N–H and O–H groups in total. The largest absolute Gasteiger partial charge is 0.370 e. The summed E-state index contributed by atoms with van der Waals surface area (Å²) in [7, 11) is 1.75. The third-order valence-electron chi connectivity index (χ3n) is 3.38. The Labute approximate surface area is 96.2 Å². The van der Waals surface area contributed by atoms with Gasteiger partial charge in [0.05, 0.1) is 5.69 Å². The maximum absolute atomic E-state index is 5.70. The molecule has 16 heavy (non-hydrogen) atoms. The van der Waals surface area contributed by atoms with E-state index in [1.165, 1.54) is 19.3 Å². The first kappa shape index (κ1) is 11.5. The average Bonchev–Trinajstić information content (AvgIpc) is 2.39. The molecule has 1 aromatic rings. The van der Waals surface area contributed by atoms with Crippen molar-refractivity contribution in [3.63, 3.8) is 0 Å². The predicted molar refractivity (Wildman–Crippen MR) is 61.7 cm³/mol. The second-order valence-electron chi connectivity index (χ2n) is 4.33. The molecule has 1 aliphatic rings. The van der Waals surface area contributed by atoms with Crippen molar-refractivity contribution in [2.24, 2.45) is 5.73 Å². The van der Waals surface area contributed by atoms with Crippen molar-refractivity contribution in [1.29, 1.82) is 0 Å². The number of hydrogen-bond donors (Lipinski definition) is 1. The molecule has 0 spiro atoms. The first-order valence-electron chi connectivity index (χ1n) is 5.88. The molecular formula is C12H19N3O. The van der Waals surface area contributed by atoms with Crippen LogP contribution in [0.1, 0.15) is 43.6 Å². The lowest BCUT2D eigenvalue weighted by atomic mass is 9.84. The van der Waals surface area contributed by atoms with Crippen molar-refractivity contribution >= 4 is 0 Å². The van der Waals surface area contributed by atoms with E-state index < -0.39 is 0 Å². The quantitative estimate of drug-likeness (QED) is 0.844. The van der Waals surface area contributed by atoms with Crippen LogP contribution in [0, 0.1) is 0 Å². The van der Waals surface area contributed by atoms with E-state index in [-0.39, 0.29) is 5.60 Å². The van der Waals surface area contributed by atoms with E-state index in [1.807, 2.05) is 6.07 Å². The highest BCUT2D eigenvalue weighted by Crippen LogP contribution is 2.38. The zero-order chi connectivity index (χ0) is 11.4. The molecule has 0 saturated heterocycles. The molecule has 4 heteroatoms. The molecule has 2 rings (SSSR count). The molecule has 4 nitrogen and oxygen atoms in total. The molecule has 0 amide bonds. The van der Waals surface area contributed by atoms with Crippen molar-refractivity contribution in [2.45, 2.75) is 44.2 Å². The second kappa shape index (κ2) is 4.89. The van der Waals surface area contributed by atoms with Gasteiger partial charge in [-0.1, -0.05) is 19.3 Å². The highest BCUT2D eigenvalue weighted by Gasteiger charge is 2.36. The smallest absolute Gasteiger partial charge is 0.160 e. The first-order chi connectivity index (χ1) is 7.80. The fourth-order valence-electron chi connectivity index (χ4n) is 2.37. The SMILES string of the molecule is COC1(c2nccc(CN)n2)CCCCC1. The summed E-state index contributed by atoms with van der Waals surface area (Å²) < 4.78 is 5.70. The van der Waals surface area contributed by atoms with Gasteiger partial charge in [0, 0.05) is 19.9 Å². The van der Waals surface area contributed by atoms with E-state index in [1.54, 1.807) is 13.3 Å². The fraction of sp³-hybridized carbons (Fsp3) is 0.667. The van der Waals surface area contributed by atoms with Gasteiger partial charge >= 0.3 is 0 Å². The number of ether oxygens (including phenoxy) is 1. The van der Waals surface area contributed by atoms with Crippen LogP contribution >= 0.6 is 0 Å². The lowest BCUT2D eigenvalue weighted by Gasteiger charge is -2.34. The summed E-state index contributed by atoms with van der Waals surface area (Å²) in [4.78, 5) is 8.86. The monoisotopic (exact) mass is 221 g/mol. The van der Waals surface area contributed by atoms with Crippen LogP contribution in [0.25, 0.3) is 0 Å². The van der Waals surface area contributed by atoms with Gasteiger partial charge in [-0.2, -0.15) is 0 Å². The van der Waals surface area contributed by atoms with Crippen molar-refractivity contribution in [3.8, 4) is 0 Å². The Balaban J connectivity index is 2.31. The third-order valence-corrected chi connectivity index (χ3v) is 3.38. The van der Waals surface area contributed by atoms with Crippen LogP contribution in [-0.4, -0.2) is 17.1 Å². The van der Waals surface area contributed by atoms with Crippen molar-refractivity contribution in [2.75, 3.05) is 7.11 Å². The zero-order valence-electron chi connectivity index (χ0n) is 9.78. The molecule has 0 radical (unpaired) electrons. The maximum atomic E-state index is 5.70. The van der Waals surface area contributed by atoms with E-state index in [2.05, 4.69) is 9.97 Å². The average molecular weight is 221 g/mol. The summed E-state index contributed by atoms with van der Waals surface area (Å²) in [5, 5.41) is 0. The Morgan fingerprint density at radius 1 is 1.38 bits per heavy atom. The minimum absolute atomic E-state index is 0.274. The van der Waals surface area contributed by atoms with Crippen LogP contribution in [0.4, 0.5) is 0 Å². The molecular weight excluding hydrogens is 202 g/mol. The third kappa shape index (κ3) is 2.08. The van der Waals surface area contributed by atoms with Gasteiger partial charge in [0.15, 0.2) is 5.82 Å². The summed E-state index contributed by atoms with van der Waals surface area (Å²) in [6.07, 6.45) is 7.45. The molecule has 88 valence electrons. The molecule has 1 aliphatic carbocycles. The van der Waals surface area contributed by atoms with Crippen LogP contribution in [0.5, 0.6) is 0 Å². The van der Waals surface area contributed by atoms with Crippen molar-refractivity contribution in [3.05, 3.63) is 23.8 Å². The van der Waals surface area contributed by atoms with Gasteiger partial charge in [0.25, 0.3) is 0 Å². The van der Waals surface area contributed by atoms with Gasteiger partial charge in [-0.3, -0.25) is 0 Å². The van der Waals surface area contributed by atoms with Gasteiger partial charge < -0.3 is 10.5 Å². The van der Waals surface area contributed by atoms with Crippen LogP contribution < -0.4 is 5.73 Å². The highest BCUT2D eigenvalue weighted by molar-refractivity contribution is 5.09. The van der Waals surface area contributed by atoms with Crippen LogP contribution in [0.15, 0.2) is 12.3 Å². The fourth-order valence-corrected chi connectivity index (χ4v) is 2.37. The van der Waals surface area contributed by atoms with Gasteiger partial charge in [0.2, 0.25) is 0 Å². The molecule has 0 aliphatic heterocycles.